The second kappa shape index (κ2) is 10.6. The maximum Gasteiger partial charge on any atom is 0.269 e. The summed E-state index contributed by atoms with van der Waals surface area (Å²) in [6.07, 6.45) is 1.70. The highest BCUT2D eigenvalue weighted by Crippen LogP contribution is 2.27. The van der Waals surface area contributed by atoms with E-state index in [1.165, 1.54) is 64.4 Å². The number of carbonyl (C=O) groups is 1. The van der Waals surface area contributed by atoms with Crippen LogP contribution in [0.4, 0.5) is 20.9 Å². The summed E-state index contributed by atoms with van der Waals surface area (Å²) in [5, 5.41) is 22.8. The number of non-ortho nitro benzene ring substituents is 1. The van der Waals surface area contributed by atoms with Crippen molar-refractivity contribution >= 4 is 45.5 Å². The van der Waals surface area contributed by atoms with E-state index in [-0.39, 0.29) is 23.9 Å². The van der Waals surface area contributed by atoms with E-state index in [4.69, 9.17) is 0 Å². The molecule has 31 heavy (non-hydrogen) atoms. The van der Waals surface area contributed by atoms with Gasteiger partial charge in [-0.3, -0.25) is 14.9 Å². The number of rotatable bonds is 10. The van der Waals surface area contributed by atoms with Crippen LogP contribution in [0.1, 0.15) is 5.56 Å². The molecule has 0 bridgehead atoms. The molecule has 0 saturated heterocycles. The van der Waals surface area contributed by atoms with Crippen LogP contribution in [0.15, 0.2) is 65.5 Å². The fourth-order valence-corrected chi connectivity index (χ4v) is 4.23. The van der Waals surface area contributed by atoms with Crippen LogP contribution in [0.2, 0.25) is 0 Å². The normalized spacial score (nSPS) is 10.5. The lowest BCUT2D eigenvalue weighted by atomic mass is 10.1. The van der Waals surface area contributed by atoms with Crippen LogP contribution in [0.3, 0.4) is 0 Å². The number of nitrogens with one attached hydrogen (secondary N) is 1. The number of nitro benzene ring substituents is 1. The molecular formula is C20H18FN5O3S2. The lowest BCUT2D eigenvalue weighted by molar-refractivity contribution is -0.384. The Morgan fingerprint density at radius 1 is 1.29 bits per heavy atom. The van der Waals surface area contributed by atoms with Gasteiger partial charge in [0.05, 0.1) is 17.2 Å². The number of hydrogen-bond donors (Lipinski definition) is 1. The number of aromatic nitrogens is 2. The van der Waals surface area contributed by atoms with Crippen molar-refractivity contribution in [3.63, 3.8) is 0 Å². The van der Waals surface area contributed by atoms with Crippen molar-refractivity contribution in [2.24, 2.45) is 0 Å². The van der Waals surface area contributed by atoms with E-state index in [9.17, 15) is 19.3 Å². The topological polar surface area (TPSA) is 101 Å². The van der Waals surface area contributed by atoms with E-state index in [2.05, 4.69) is 22.1 Å². The molecule has 3 rings (SSSR count). The number of amides is 1. The molecule has 11 heteroatoms. The molecule has 1 N–H and O–H groups in total. The number of benzene rings is 2. The average molecular weight is 460 g/mol. The first-order chi connectivity index (χ1) is 15.0. The van der Waals surface area contributed by atoms with Gasteiger partial charge in [-0.05, 0) is 29.8 Å². The SMILES string of the molecule is C=CCNc1nnc(SCC(=O)N(Cc2cccc([N+](=O)[O-])c2)c2ccc(F)cc2)s1. The maximum absolute atomic E-state index is 13.4. The molecule has 2 aromatic carbocycles. The molecule has 0 radical (unpaired) electrons. The van der Waals surface area contributed by atoms with Crippen molar-refractivity contribution in [2.75, 3.05) is 22.5 Å². The van der Waals surface area contributed by atoms with E-state index in [1.54, 1.807) is 18.2 Å². The first-order valence-electron chi connectivity index (χ1n) is 9.06. The van der Waals surface area contributed by atoms with Crippen molar-refractivity contribution in [1.82, 2.24) is 10.2 Å². The molecule has 160 valence electrons. The Morgan fingerprint density at radius 2 is 2.06 bits per heavy atom. The summed E-state index contributed by atoms with van der Waals surface area (Å²) in [6.45, 7) is 4.28. The largest absolute Gasteiger partial charge is 0.357 e. The van der Waals surface area contributed by atoms with Crippen LogP contribution in [0.5, 0.6) is 0 Å². The van der Waals surface area contributed by atoms with Gasteiger partial charge in [0.15, 0.2) is 4.34 Å². The lowest BCUT2D eigenvalue weighted by Gasteiger charge is -2.23. The fourth-order valence-electron chi connectivity index (χ4n) is 2.60. The molecule has 0 fully saturated rings. The summed E-state index contributed by atoms with van der Waals surface area (Å²) in [4.78, 5) is 25.0. The van der Waals surface area contributed by atoms with Gasteiger partial charge in [0, 0.05) is 24.4 Å². The lowest BCUT2D eigenvalue weighted by Crippen LogP contribution is -2.32. The molecular weight excluding hydrogens is 441 g/mol. The van der Waals surface area contributed by atoms with Crippen molar-refractivity contribution in [3.8, 4) is 0 Å². The van der Waals surface area contributed by atoms with E-state index >= 15 is 0 Å². The van der Waals surface area contributed by atoms with Crippen LogP contribution in [0.25, 0.3) is 0 Å². The second-order valence-electron chi connectivity index (χ2n) is 6.21. The third-order valence-corrected chi connectivity index (χ3v) is 6.02. The molecule has 8 nitrogen and oxygen atoms in total. The van der Waals surface area contributed by atoms with E-state index in [1.807, 2.05) is 0 Å². The molecule has 0 spiro atoms. The highest BCUT2D eigenvalue weighted by Gasteiger charge is 2.19. The zero-order chi connectivity index (χ0) is 22.2. The zero-order valence-corrected chi connectivity index (χ0v) is 17.9. The van der Waals surface area contributed by atoms with Gasteiger partial charge in [0.25, 0.3) is 5.69 Å². The molecule has 0 atom stereocenters. The molecule has 0 saturated carbocycles. The molecule has 1 heterocycles. The van der Waals surface area contributed by atoms with Crippen LogP contribution >= 0.6 is 23.1 Å². The minimum Gasteiger partial charge on any atom is -0.357 e. The van der Waals surface area contributed by atoms with Crippen molar-refractivity contribution in [3.05, 3.63) is 82.7 Å². The molecule has 0 aliphatic heterocycles. The van der Waals surface area contributed by atoms with Gasteiger partial charge in [-0.1, -0.05) is 41.3 Å². The van der Waals surface area contributed by atoms with Crippen LogP contribution in [-0.2, 0) is 11.3 Å². The van der Waals surface area contributed by atoms with Crippen molar-refractivity contribution in [2.45, 2.75) is 10.9 Å². The minimum absolute atomic E-state index is 0.0632. The predicted octanol–water partition coefficient (Wildman–Crippen LogP) is 4.51. The fraction of sp³-hybridized carbons (Fsp3) is 0.150. The summed E-state index contributed by atoms with van der Waals surface area (Å²) in [7, 11) is 0. The second-order valence-corrected chi connectivity index (χ2v) is 8.41. The first kappa shape index (κ1) is 22.4. The van der Waals surface area contributed by atoms with E-state index < -0.39 is 10.7 Å². The van der Waals surface area contributed by atoms with Gasteiger partial charge < -0.3 is 10.2 Å². The summed E-state index contributed by atoms with van der Waals surface area (Å²) >= 11 is 2.55. The Morgan fingerprint density at radius 3 is 2.77 bits per heavy atom. The highest BCUT2D eigenvalue weighted by molar-refractivity contribution is 8.01. The van der Waals surface area contributed by atoms with Crippen molar-refractivity contribution in [1.29, 1.82) is 0 Å². The minimum atomic E-state index is -0.489. The molecule has 0 unspecified atom stereocenters. The molecule has 0 aliphatic carbocycles. The molecule has 1 amide bonds. The van der Waals surface area contributed by atoms with Gasteiger partial charge in [0.2, 0.25) is 11.0 Å². The Bertz CT molecular complexity index is 1070. The van der Waals surface area contributed by atoms with Gasteiger partial charge in [-0.25, -0.2) is 4.39 Å². The quantitative estimate of drug-likeness (QED) is 0.206. The van der Waals surface area contributed by atoms with E-state index in [0.717, 1.165) is 0 Å². The Kier molecular flexibility index (Phi) is 7.68. The third kappa shape index (κ3) is 6.33. The predicted molar refractivity (Wildman–Crippen MR) is 120 cm³/mol. The van der Waals surface area contributed by atoms with Crippen LogP contribution in [0, 0.1) is 15.9 Å². The standard InChI is InChI=1S/C20H18FN5O3S2/c1-2-10-22-19-23-24-20(31-19)30-13-18(27)25(16-8-6-15(21)7-9-16)12-14-4-3-5-17(11-14)26(28)29/h2-9,11H,1,10,12-13H2,(H,22,23). The number of halogens is 1. The number of thioether (sulfide) groups is 1. The number of nitro groups is 1. The Balaban J connectivity index is 1.75. The zero-order valence-electron chi connectivity index (χ0n) is 16.2. The van der Waals surface area contributed by atoms with E-state index in [0.29, 0.717) is 27.3 Å². The Hall–Kier alpha value is -3.31. The van der Waals surface area contributed by atoms with Gasteiger partial charge in [-0.2, -0.15) is 0 Å². The number of nitrogens with zero attached hydrogens (tertiary/aromatic N) is 4. The Labute approximate surface area is 186 Å². The number of anilines is 2. The highest BCUT2D eigenvalue weighted by atomic mass is 32.2. The van der Waals surface area contributed by atoms with Gasteiger partial charge in [0.1, 0.15) is 5.82 Å². The van der Waals surface area contributed by atoms with Crippen LogP contribution < -0.4 is 10.2 Å². The average Bonchev–Trinajstić information content (AvgIpc) is 3.23. The summed E-state index contributed by atoms with van der Waals surface area (Å²) < 4.78 is 14.0. The van der Waals surface area contributed by atoms with Crippen molar-refractivity contribution < 1.29 is 14.1 Å². The maximum atomic E-state index is 13.4. The van der Waals surface area contributed by atoms with Gasteiger partial charge in [-0.15, -0.1) is 16.8 Å². The molecule has 0 aliphatic rings. The molecule has 1 aromatic heterocycles. The molecule has 3 aromatic rings. The van der Waals surface area contributed by atoms with Gasteiger partial charge >= 0.3 is 0 Å². The number of hydrogen-bond acceptors (Lipinski definition) is 8. The summed E-state index contributed by atoms with van der Waals surface area (Å²) in [5.74, 6) is -0.601. The summed E-state index contributed by atoms with van der Waals surface area (Å²) in [5.41, 5.74) is 1.01. The smallest absolute Gasteiger partial charge is 0.269 e. The third-order valence-electron chi connectivity index (χ3n) is 4.02. The first-order valence-corrected chi connectivity index (χ1v) is 10.9. The number of carbonyl (C=O) groups excluding carboxylic acids is 1. The van der Waals surface area contributed by atoms with Crippen LogP contribution in [-0.4, -0.2) is 33.3 Å². The summed E-state index contributed by atoms with van der Waals surface area (Å²) in [6, 6.07) is 11.6. The monoisotopic (exact) mass is 459 g/mol.